The lowest BCUT2D eigenvalue weighted by molar-refractivity contribution is 0.0258. The summed E-state index contributed by atoms with van der Waals surface area (Å²) in [7, 11) is 1.83. The summed E-state index contributed by atoms with van der Waals surface area (Å²) in [6, 6.07) is 2.75. The second kappa shape index (κ2) is 10.9. The topological polar surface area (TPSA) is 48.9 Å². The summed E-state index contributed by atoms with van der Waals surface area (Å²) in [6.45, 7) is 13.5. The van der Waals surface area contributed by atoms with Crippen molar-refractivity contribution in [2.45, 2.75) is 59.2 Å². The second-order valence-electron chi connectivity index (χ2n) is 7.34. The molecule has 2 N–H and O–H groups in total. The zero-order chi connectivity index (χ0) is 18.9. The summed E-state index contributed by atoms with van der Waals surface area (Å²) in [4.78, 5) is 8.47. The highest BCUT2D eigenvalue weighted by Gasteiger charge is 2.21. The van der Waals surface area contributed by atoms with Crippen LogP contribution in [0.2, 0.25) is 0 Å². The molecule has 2 unspecified atom stereocenters. The molecule has 6 heteroatoms. The fourth-order valence-corrected chi connectivity index (χ4v) is 4.29. The lowest BCUT2D eigenvalue weighted by atomic mass is 10.0. The Morgan fingerprint density at radius 2 is 2.15 bits per heavy atom. The average Bonchev–Trinajstić information content (AvgIpc) is 3.10. The molecule has 0 spiro atoms. The molecule has 0 bridgehead atoms. The van der Waals surface area contributed by atoms with Gasteiger partial charge < -0.3 is 15.4 Å². The maximum absolute atomic E-state index is 5.81. The van der Waals surface area contributed by atoms with E-state index in [1.165, 1.54) is 12.0 Å². The van der Waals surface area contributed by atoms with Crippen LogP contribution in [0.5, 0.6) is 0 Å². The highest BCUT2D eigenvalue weighted by Crippen LogP contribution is 2.24. The van der Waals surface area contributed by atoms with Crippen LogP contribution < -0.4 is 10.6 Å². The molecule has 0 aliphatic carbocycles. The molecule has 1 aromatic heterocycles. The molecule has 148 valence electrons. The predicted molar refractivity (Wildman–Crippen MR) is 112 cm³/mol. The molecule has 2 atom stereocenters. The molecule has 1 aliphatic rings. The van der Waals surface area contributed by atoms with Crippen LogP contribution in [-0.4, -0.2) is 56.3 Å². The fourth-order valence-electron chi connectivity index (χ4n) is 3.40. The normalized spacial score (nSPS) is 17.8. The van der Waals surface area contributed by atoms with Crippen molar-refractivity contribution in [1.82, 2.24) is 15.5 Å². The zero-order valence-corrected chi connectivity index (χ0v) is 17.9. The summed E-state index contributed by atoms with van der Waals surface area (Å²) in [6.07, 6.45) is 2.48. The Kier molecular flexibility index (Phi) is 8.88. The summed E-state index contributed by atoms with van der Waals surface area (Å²) in [5, 5.41) is 9.12. The largest absolute Gasteiger partial charge is 0.378 e. The lowest BCUT2D eigenvalue weighted by Gasteiger charge is -2.32. The molecule has 0 fully saturated rings. The lowest BCUT2D eigenvalue weighted by Crippen LogP contribution is -2.47. The van der Waals surface area contributed by atoms with Crippen molar-refractivity contribution >= 4 is 17.3 Å². The number of aliphatic imine (C=N–C) groups is 1. The molecule has 26 heavy (non-hydrogen) atoms. The van der Waals surface area contributed by atoms with Gasteiger partial charge in [0.1, 0.15) is 0 Å². The molecule has 1 aromatic rings. The van der Waals surface area contributed by atoms with Gasteiger partial charge in [-0.2, -0.15) is 0 Å². The van der Waals surface area contributed by atoms with Crippen LogP contribution in [0.15, 0.2) is 16.4 Å². The van der Waals surface area contributed by atoms with Crippen molar-refractivity contribution in [2.24, 2.45) is 10.9 Å². The van der Waals surface area contributed by atoms with Crippen LogP contribution in [0.3, 0.4) is 0 Å². The number of hydrogen-bond donors (Lipinski definition) is 2. The van der Waals surface area contributed by atoms with Gasteiger partial charge in [0.2, 0.25) is 0 Å². The van der Waals surface area contributed by atoms with E-state index in [2.05, 4.69) is 59.7 Å². The summed E-state index contributed by atoms with van der Waals surface area (Å²) >= 11 is 1.90. The number of ether oxygens (including phenoxy) is 1. The predicted octanol–water partition coefficient (Wildman–Crippen LogP) is 3.11. The molecule has 1 aliphatic heterocycles. The van der Waals surface area contributed by atoms with Crippen LogP contribution >= 0.6 is 11.3 Å². The summed E-state index contributed by atoms with van der Waals surface area (Å²) in [5.74, 6) is 1.41. The first kappa shape index (κ1) is 21.2. The molecule has 0 amide bonds. The van der Waals surface area contributed by atoms with Gasteiger partial charge in [0.25, 0.3) is 0 Å². The maximum Gasteiger partial charge on any atom is 0.191 e. The number of fused-ring (bicyclic) bond motifs is 1. The Morgan fingerprint density at radius 1 is 1.35 bits per heavy atom. The van der Waals surface area contributed by atoms with E-state index in [0.29, 0.717) is 18.1 Å². The van der Waals surface area contributed by atoms with Crippen LogP contribution in [0.25, 0.3) is 0 Å². The number of nitrogens with one attached hydrogen (secondary N) is 2. The Hall–Kier alpha value is -1.11. The molecule has 5 nitrogen and oxygen atoms in total. The minimum absolute atomic E-state index is 0.303. The monoisotopic (exact) mass is 380 g/mol. The highest BCUT2D eigenvalue weighted by molar-refractivity contribution is 7.10. The Balaban J connectivity index is 1.71. The summed E-state index contributed by atoms with van der Waals surface area (Å²) < 4.78 is 5.81. The molecule has 0 saturated carbocycles. The number of guanidine groups is 1. The van der Waals surface area contributed by atoms with E-state index in [1.807, 2.05) is 18.4 Å². The van der Waals surface area contributed by atoms with Crippen molar-refractivity contribution in [2.75, 3.05) is 33.3 Å². The number of thiophene rings is 1. The van der Waals surface area contributed by atoms with Gasteiger partial charge in [0.15, 0.2) is 5.96 Å². The number of hydrogen-bond acceptors (Lipinski definition) is 4. The highest BCUT2D eigenvalue weighted by atomic mass is 32.1. The van der Waals surface area contributed by atoms with E-state index in [0.717, 1.165) is 45.2 Å². The smallest absolute Gasteiger partial charge is 0.191 e. The molecule has 2 heterocycles. The third kappa shape index (κ3) is 6.25. The van der Waals surface area contributed by atoms with Crippen molar-refractivity contribution in [3.05, 3.63) is 21.9 Å². The zero-order valence-electron chi connectivity index (χ0n) is 17.0. The first-order valence-corrected chi connectivity index (χ1v) is 10.8. The van der Waals surface area contributed by atoms with Gasteiger partial charge in [-0.3, -0.25) is 9.89 Å². The third-order valence-electron chi connectivity index (χ3n) is 5.09. The molecule has 0 radical (unpaired) electrons. The minimum atomic E-state index is 0.303. The molecule has 0 aromatic carbocycles. The molecular weight excluding hydrogens is 344 g/mol. The van der Waals surface area contributed by atoms with E-state index in [4.69, 9.17) is 4.74 Å². The molecule has 0 saturated heterocycles. The Bertz CT molecular complexity index is 558. The van der Waals surface area contributed by atoms with Gasteiger partial charge in [-0.15, -0.1) is 11.3 Å². The van der Waals surface area contributed by atoms with Gasteiger partial charge in [0, 0.05) is 50.8 Å². The van der Waals surface area contributed by atoms with Gasteiger partial charge in [0.05, 0.1) is 6.10 Å². The number of rotatable bonds is 9. The maximum atomic E-state index is 5.81. The van der Waals surface area contributed by atoms with E-state index in [1.54, 1.807) is 4.88 Å². The van der Waals surface area contributed by atoms with Gasteiger partial charge in [-0.05, 0) is 49.6 Å². The molecule has 2 rings (SSSR count). The quantitative estimate of drug-likeness (QED) is 0.510. The van der Waals surface area contributed by atoms with Crippen LogP contribution in [0.4, 0.5) is 0 Å². The van der Waals surface area contributed by atoms with Crippen LogP contribution in [0, 0.1) is 5.92 Å². The van der Waals surface area contributed by atoms with Gasteiger partial charge in [-0.25, -0.2) is 0 Å². The minimum Gasteiger partial charge on any atom is -0.378 e. The third-order valence-corrected chi connectivity index (χ3v) is 6.12. The Morgan fingerprint density at radius 3 is 2.85 bits per heavy atom. The fraction of sp³-hybridized carbons (Fsp3) is 0.750. The van der Waals surface area contributed by atoms with E-state index < -0.39 is 0 Å². The molecular formula is C20H36N4OS. The first-order valence-electron chi connectivity index (χ1n) is 9.90. The van der Waals surface area contributed by atoms with Gasteiger partial charge in [-0.1, -0.05) is 13.8 Å². The van der Waals surface area contributed by atoms with E-state index in [-0.39, 0.29) is 0 Å². The van der Waals surface area contributed by atoms with Crippen molar-refractivity contribution in [3.63, 3.8) is 0 Å². The van der Waals surface area contributed by atoms with Crippen molar-refractivity contribution in [3.8, 4) is 0 Å². The van der Waals surface area contributed by atoms with Crippen LogP contribution in [0.1, 0.15) is 44.6 Å². The second-order valence-corrected chi connectivity index (χ2v) is 8.35. The van der Waals surface area contributed by atoms with Crippen LogP contribution in [-0.2, 0) is 17.7 Å². The van der Waals surface area contributed by atoms with Crippen molar-refractivity contribution < 1.29 is 4.74 Å². The van der Waals surface area contributed by atoms with E-state index >= 15 is 0 Å². The van der Waals surface area contributed by atoms with E-state index in [9.17, 15) is 0 Å². The van der Waals surface area contributed by atoms with Crippen molar-refractivity contribution in [1.29, 1.82) is 0 Å². The SMILES string of the molecule is CCOC(CCNC(=NC)NCC(C)N1CCc2sccc2C1)C(C)C. The summed E-state index contributed by atoms with van der Waals surface area (Å²) in [5.41, 5.74) is 1.51. The average molecular weight is 381 g/mol. The first-order chi connectivity index (χ1) is 12.5. The standard InChI is InChI=1S/C20H36N4OS/c1-6-25-18(15(2)3)7-10-22-20(21-5)23-13-16(4)24-11-8-19-17(14-24)9-12-26-19/h9,12,15-16,18H,6-8,10-11,13-14H2,1-5H3,(H2,21,22,23). The Labute approximate surface area is 163 Å². The van der Waals surface area contributed by atoms with Gasteiger partial charge >= 0.3 is 0 Å². The number of nitrogens with zero attached hydrogens (tertiary/aromatic N) is 2.